The Morgan fingerprint density at radius 1 is 1.24 bits per heavy atom. The van der Waals surface area contributed by atoms with Crippen LogP contribution in [0.25, 0.3) is 22.6 Å². The molecule has 9 nitrogen and oxygen atoms in total. The fourth-order valence-corrected chi connectivity index (χ4v) is 7.19. The van der Waals surface area contributed by atoms with Crippen LogP contribution < -0.4 is 31.5 Å². The molecule has 4 aliphatic rings. The third-order valence-electron chi connectivity index (χ3n) is 9.24. The van der Waals surface area contributed by atoms with Crippen LogP contribution in [0.15, 0.2) is 23.1 Å². The Morgan fingerprint density at radius 2 is 1.98 bits per heavy atom. The van der Waals surface area contributed by atoms with Crippen LogP contribution in [0.1, 0.15) is 51.0 Å². The van der Waals surface area contributed by atoms with E-state index in [9.17, 15) is 0 Å². The van der Waals surface area contributed by atoms with Crippen LogP contribution in [0.2, 0.25) is 5.02 Å². The van der Waals surface area contributed by atoms with Gasteiger partial charge in [0.2, 0.25) is 0 Å². The molecule has 0 radical (unpaired) electrons. The van der Waals surface area contributed by atoms with Crippen molar-refractivity contribution in [2.24, 2.45) is 5.41 Å². The number of oxazole rings is 1. The van der Waals surface area contributed by atoms with Gasteiger partial charge in [0.1, 0.15) is 16.7 Å². The number of nitrogen functional groups attached to an aromatic ring is 1. The standard InChI is InChI=1S/C31H37ClFN7O2/c1-3-20(26-23(4-2)42-29(34)36-26)24-22(32)13-21-27(25(24)33)37-30(38-28(21)40-14-18-7-8-19(15-40)35-18)41-17-31(9-10-31)16-39-11-5-6-12-39/h3-4,13,18-19,35H,1,5-12,14-17H2,2H3,(H2,34,36)/b23-4+,26-20-. The zero-order chi connectivity index (χ0) is 29.0. The average molecular weight is 594 g/mol. The van der Waals surface area contributed by atoms with Crippen LogP contribution in [0.5, 0.6) is 6.01 Å². The van der Waals surface area contributed by atoms with Crippen LogP contribution in [-0.2, 0) is 0 Å². The molecule has 4 fully saturated rings. The number of allylic oxidation sites excluding steroid dienone is 1. The maximum atomic E-state index is 16.7. The largest absolute Gasteiger partial charge is 0.463 e. The van der Waals surface area contributed by atoms with Gasteiger partial charge in [-0.05, 0) is 70.7 Å². The monoisotopic (exact) mass is 593 g/mol. The molecule has 1 aromatic carbocycles. The highest BCUT2D eigenvalue weighted by Crippen LogP contribution is 2.47. The van der Waals surface area contributed by atoms with E-state index >= 15 is 4.39 Å². The molecular formula is C31H37ClFN7O2. The minimum absolute atomic E-state index is 0.0219. The summed E-state index contributed by atoms with van der Waals surface area (Å²) in [6.45, 7) is 11.1. The lowest BCUT2D eigenvalue weighted by Crippen LogP contribution is -2.51. The van der Waals surface area contributed by atoms with Gasteiger partial charge in [-0.25, -0.2) is 4.39 Å². The first-order valence-electron chi connectivity index (χ1n) is 15.0. The van der Waals surface area contributed by atoms with Crippen molar-refractivity contribution in [3.8, 4) is 6.01 Å². The Labute approximate surface area is 249 Å². The van der Waals surface area contributed by atoms with E-state index in [4.69, 9.17) is 31.5 Å². The molecule has 11 heteroatoms. The number of likely N-dealkylation sites (tertiary alicyclic amines) is 1. The lowest BCUT2D eigenvalue weighted by atomic mass is 10.0. The quantitative estimate of drug-likeness (QED) is 0.407. The molecule has 0 amide bonds. The molecule has 2 bridgehead atoms. The Bertz CT molecular complexity index is 1650. The normalized spacial score (nSPS) is 24.5. The van der Waals surface area contributed by atoms with Crippen LogP contribution in [0, 0.1) is 11.2 Å². The Morgan fingerprint density at radius 3 is 2.64 bits per heavy atom. The highest BCUT2D eigenvalue weighted by atomic mass is 35.5. The number of benzene rings is 1. The van der Waals surface area contributed by atoms with Gasteiger partial charge in [0.05, 0.1) is 11.6 Å². The third-order valence-corrected chi connectivity index (χ3v) is 9.54. The molecule has 42 heavy (non-hydrogen) atoms. The van der Waals surface area contributed by atoms with Gasteiger partial charge in [0.25, 0.3) is 6.01 Å². The Hall–Kier alpha value is -3.21. The van der Waals surface area contributed by atoms with Gasteiger partial charge in [-0.3, -0.25) is 0 Å². The lowest BCUT2D eigenvalue weighted by Gasteiger charge is -2.34. The van der Waals surface area contributed by atoms with Crippen molar-refractivity contribution in [1.29, 1.82) is 0 Å². The number of nitrogens with one attached hydrogen (secondary N) is 1. The summed E-state index contributed by atoms with van der Waals surface area (Å²) in [6.07, 6.45) is 10.2. The maximum Gasteiger partial charge on any atom is 0.319 e. The van der Waals surface area contributed by atoms with E-state index in [0.29, 0.717) is 46.2 Å². The second-order valence-electron chi connectivity index (χ2n) is 12.3. The van der Waals surface area contributed by atoms with E-state index in [2.05, 4.69) is 31.7 Å². The molecule has 0 spiro atoms. The van der Waals surface area contributed by atoms with E-state index < -0.39 is 5.82 Å². The zero-order valence-corrected chi connectivity index (χ0v) is 24.7. The molecule has 3 N–H and O–H groups in total. The van der Waals surface area contributed by atoms with Gasteiger partial charge < -0.3 is 30.0 Å². The minimum Gasteiger partial charge on any atom is -0.463 e. The zero-order valence-electron chi connectivity index (χ0n) is 24.0. The van der Waals surface area contributed by atoms with Gasteiger partial charge in [0, 0.05) is 53.7 Å². The van der Waals surface area contributed by atoms with E-state index in [-0.39, 0.29) is 33.5 Å². The molecule has 1 aliphatic carbocycles. The molecule has 7 rings (SSSR count). The average Bonchev–Trinajstić information content (AvgIpc) is 3.25. The molecule has 1 saturated carbocycles. The SMILES string of the molecule is C=C/C(c1c(Cl)cc2c(N3CC4CCC(C3)N4)nc(OCC3(CN4CCCC4)CC3)nc2c1F)=c1/nc(N)o/c1=C/C. The van der Waals surface area contributed by atoms with Gasteiger partial charge in [-0.1, -0.05) is 24.3 Å². The third kappa shape index (κ3) is 5.03. The molecule has 222 valence electrons. The van der Waals surface area contributed by atoms with Gasteiger partial charge in [0.15, 0.2) is 11.2 Å². The van der Waals surface area contributed by atoms with E-state index in [1.165, 1.54) is 18.9 Å². The fourth-order valence-electron chi connectivity index (χ4n) is 6.89. The van der Waals surface area contributed by atoms with Crippen LogP contribution in [-0.4, -0.2) is 71.3 Å². The molecule has 2 unspecified atom stereocenters. The van der Waals surface area contributed by atoms with Gasteiger partial charge in [-0.2, -0.15) is 15.0 Å². The summed E-state index contributed by atoms with van der Waals surface area (Å²) in [4.78, 5) is 18.6. The number of hydrogen-bond donors (Lipinski definition) is 2. The Kier molecular flexibility index (Phi) is 7.11. The van der Waals surface area contributed by atoms with E-state index in [1.54, 1.807) is 19.1 Å². The number of anilines is 2. The number of nitrogens with zero attached hydrogens (tertiary/aromatic N) is 5. The van der Waals surface area contributed by atoms with Crippen molar-refractivity contribution in [1.82, 2.24) is 25.2 Å². The summed E-state index contributed by atoms with van der Waals surface area (Å²) in [5, 5.41) is 4.79. The first kappa shape index (κ1) is 27.6. The molecule has 2 aromatic heterocycles. The summed E-state index contributed by atoms with van der Waals surface area (Å²) >= 11 is 6.83. The first-order valence-corrected chi connectivity index (χ1v) is 15.4. The van der Waals surface area contributed by atoms with E-state index in [1.807, 2.05) is 0 Å². The summed E-state index contributed by atoms with van der Waals surface area (Å²) < 4.78 is 28.5. The van der Waals surface area contributed by atoms with Gasteiger partial charge in [-0.15, -0.1) is 0 Å². The predicted molar refractivity (Wildman–Crippen MR) is 163 cm³/mol. The van der Waals surface area contributed by atoms with Crippen molar-refractivity contribution in [3.05, 3.63) is 45.9 Å². The van der Waals surface area contributed by atoms with Gasteiger partial charge >= 0.3 is 6.01 Å². The topological polar surface area (TPSA) is 106 Å². The van der Waals surface area contributed by atoms with Crippen LogP contribution in [0.3, 0.4) is 0 Å². The van der Waals surface area contributed by atoms with Crippen molar-refractivity contribution in [2.75, 3.05) is 50.0 Å². The smallest absolute Gasteiger partial charge is 0.319 e. The lowest BCUT2D eigenvalue weighted by molar-refractivity contribution is 0.170. The number of ether oxygens (including phenoxy) is 1. The summed E-state index contributed by atoms with van der Waals surface area (Å²) in [5.41, 5.74) is 7.04. The maximum absolute atomic E-state index is 16.7. The van der Waals surface area contributed by atoms with Crippen LogP contribution >= 0.6 is 11.6 Å². The Balaban J connectivity index is 1.33. The fraction of sp³-hybridized carbons (Fsp3) is 0.516. The predicted octanol–water partition coefficient (Wildman–Crippen LogP) is 3.37. The number of fused-ring (bicyclic) bond motifs is 3. The summed E-state index contributed by atoms with van der Waals surface area (Å²) in [5.74, 6) is 0.0689. The molecule has 3 aliphatic heterocycles. The molecule has 3 saturated heterocycles. The van der Waals surface area contributed by atoms with E-state index in [0.717, 1.165) is 58.4 Å². The van der Waals surface area contributed by atoms with Crippen molar-refractivity contribution >= 4 is 46.0 Å². The molecule has 2 atom stereocenters. The highest BCUT2D eigenvalue weighted by molar-refractivity contribution is 6.33. The second kappa shape index (κ2) is 10.8. The summed E-state index contributed by atoms with van der Waals surface area (Å²) in [6, 6.07) is 2.66. The highest BCUT2D eigenvalue weighted by Gasteiger charge is 2.45. The number of nitrogens with two attached hydrogens (primary N) is 1. The van der Waals surface area contributed by atoms with Crippen LogP contribution in [0.4, 0.5) is 16.2 Å². The van der Waals surface area contributed by atoms with Crippen molar-refractivity contribution in [2.45, 2.75) is 57.5 Å². The number of halogens is 2. The van der Waals surface area contributed by atoms with Crippen molar-refractivity contribution in [3.63, 3.8) is 0 Å². The number of hydrogen-bond acceptors (Lipinski definition) is 9. The first-order chi connectivity index (χ1) is 20.4. The minimum atomic E-state index is -0.583. The number of aromatic nitrogens is 3. The number of rotatable bonds is 8. The number of piperazine rings is 1. The summed E-state index contributed by atoms with van der Waals surface area (Å²) in [7, 11) is 0. The van der Waals surface area contributed by atoms with Crippen molar-refractivity contribution < 1.29 is 13.5 Å². The molecule has 5 heterocycles. The second-order valence-corrected chi connectivity index (χ2v) is 12.7. The molecule has 3 aromatic rings. The molecular weight excluding hydrogens is 557 g/mol.